The fraction of sp³-hybridized carbons (Fsp3) is 0.278. The molecule has 2 rings (SSSR count). The fourth-order valence-electron chi connectivity index (χ4n) is 2.33. The minimum atomic E-state index is -3.37. The van der Waals surface area contributed by atoms with Gasteiger partial charge in [0.25, 0.3) is 5.91 Å². The van der Waals surface area contributed by atoms with Crippen molar-refractivity contribution in [1.29, 1.82) is 0 Å². The Morgan fingerprint density at radius 1 is 1.12 bits per heavy atom. The monoisotopic (exact) mass is 378 g/mol. The second-order valence-electron chi connectivity index (χ2n) is 5.60. The Bertz CT molecular complexity index is 837. The second kappa shape index (κ2) is 8.40. The summed E-state index contributed by atoms with van der Waals surface area (Å²) in [5.41, 5.74) is 1.63. The average Bonchev–Trinajstić information content (AvgIpc) is 2.58. The number of thioether (sulfide) groups is 1. The molecular weight excluding hydrogens is 356 g/mol. The van der Waals surface area contributed by atoms with Crippen LogP contribution in [0.2, 0.25) is 0 Å². The molecule has 0 aliphatic heterocycles. The van der Waals surface area contributed by atoms with Gasteiger partial charge in [0.05, 0.1) is 11.9 Å². The van der Waals surface area contributed by atoms with E-state index in [0.29, 0.717) is 23.4 Å². The van der Waals surface area contributed by atoms with E-state index in [4.69, 9.17) is 0 Å². The van der Waals surface area contributed by atoms with E-state index in [1.54, 1.807) is 36.9 Å². The summed E-state index contributed by atoms with van der Waals surface area (Å²) in [6.45, 7) is 2.29. The largest absolute Gasteiger partial charge is 0.351 e. The zero-order valence-corrected chi connectivity index (χ0v) is 16.2. The Morgan fingerprint density at radius 3 is 2.44 bits per heavy atom. The summed E-state index contributed by atoms with van der Waals surface area (Å²) in [7, 11) is -1.89. The number of nitrogens with zero attached hydrogens (tertiary/aromatic N) is 1. The molecule has 0 spiro atoms. The minimum Gasteiger partial charge on any atom is -0.351 e. The number of rotatable bonds is 7. The van der Waals surface area contributed by atoms with E-state index in [1.165, 1.54) is 11.4 Å². The van der Waals surface area contributed by atoms with Gasteiger partial charge in [0, 0.05) is 29.8 Å². The van der Waals surface area contributed by atoms with E-state index in [0.717, 1.165) is 16.9 Å². The Morgan fingerprint density at radius 2 is 1.80 bits per heavy atom. The quantitative estimate of drug-likeness (QED) is 0.594. The van der Waals surface area contributed by atoms with Crippen molar-refractivity contribution in [2.24, 2.45) is 0 Å². The van der Waals surface area contributed by atoms with E-state index >= 15 is 0 Å². The van der Waals surface area contributed by atoms with Crippen molar-refractivity contribution in [2.75, 3.05) is 29.9 Å². The lowest BCUT2D eigenvalue weighted by atomic mass is 10.1. The molecule has 2 aromatic rings. The number of nitrogens with one attached hydrogen (secondary N) is 1. The topological polar surface area (TPSA) is 66.5 Å². The molecule has 134 valence electrons. The van der Waals surface area contributed by atoms with Crippen LogP contribution in [0, 0.1) is 6.92 Å². The van der Waals surface area contributed by atoms with Crippen LogP contribution < -0.4 is 9.62 Å². The molecule has 7 heteroatoms. The van der Waals surface area contributed by atoms with Gasteiger partial charge in [0.15, 0.2) is 0 Å². The Hall–Kier alpha value is -1.99. The highest BCUT2D eigenvalue weighted by Gasteiger charge is 2.18. The molecule has 0 aromatic heterocycles. The number of anilines is 1. The molecule has 1 N–H and O–H groups in total. The summed E-state index contributed by atoms with van der Waals surface area (Å²) in [5.74, 6) is 0.562. The number of carbonyl (C=O) groups excluding carboxylic acids is 1. The third-order valence-corrected chi connectivity index (χ3v) is 5.99. The van der Waals surface area contributed by atoms with Crippen LogP contribution in [0.4, 0.5) is 5.69 Å². The van der Waals surface area contributed by atoms with E-state index in [9.17, 15) is 13.2 Å². The van der Waals surface area contributed by atoms with Crippen molar-refractivity contribution in [3.05, 3.63) is 59.7 Å². The van der Waals surface area contributed by atoms with Crippen molar-refractivity contribution in [1.82, 2.24) is 5.32 Å². The van der Waals surface area contributed by atoms with Gasteiger partial charge < -0.3 is 5.32 Å². The average molecular weight is 379 g/mol. The summed E-state index contributed by atoms with van der Waals surface area (Å²) in [5, 5.41) is 2.89. The molecule has 0 saturated carbocycles. The van der Waals surface area contributed by atoms with Gasteiger partial charge in [-0.2, -0.15) is 0 Å². The first-order valence-electron chi connectivity index (χ1n) is 7.80. The van der Waals surface area contributed by atoms with E-state index in [2.05, 4.69) is 5.32 Å². The normalized spacial score (nSPS) is 11.2. The first-order chi connectivity index (χ1) is 11.8. The van der Waals surface area contributed by atoms with Crippen molar-refractivity contribution in [3.8, 4) is 0 Å². The van der Waals surface area contributed by atoms with Crippen molar-refractivity contribution in [3.63, 3.8) is 0 Å². The molecule has 0 bridgehead atoms. The number of hydrogen-bond acceptors (Lipinski definition) is 4. The number of sulfonamides is 1. The van der Waals surface area contributed by atoms with Crippen LogP contribution in [-0.2, 0) is 10.0 Å². The predicted molar refractivity (Wildman–Crippen MR) is 104 cm³/mol. The lowest BCUT2D eigenvalue weighted by Gasteiger charge is -2.20. The van der Waals surface area contributed by atoms with Gasteiger partial charge in [-0.3, -0.25) is 9.10 Å². The summed E-state index contributed by atoms with van der Waals surface area (Å²) in [6.07, 6.45) is 1.14. The van der Waals surface area contributed by atoms with Crippen molar-refractivity contribution >= 4 is 33.4 Å². The van der Waals surface area contributed by atoms with Crippen LogP contribution in [0.25, 0.3) is 0 Å². The molecule has 0 fully saturated rings. The standard InChI is InChI=1S/C18H22N2O3S2/c1-14-16(10-7-11-17(14)20(2)25(3,22)23)18(21)19-12-13-24-15-8-5-4-6-9-15/h4-11H,12-13H2,1-3H3,(H,19,21). The van der Waals surface area contributed by atoms with Crippen LogP contribution in [0.3, 0.4) is 0 Å². The lowest BCUT2D eigenvalue weighted by molar-refractivity contribution is 0.0955. The zero-order chi connectivity index (χ0) is 18.4. The minimum absolute atomic E-state index is 0.199. The molecule has 5 nitrogen and oxygen atoms in total. The number of hydrogen-bond donors (Lipinski definition) is 1. The third-order valence-electron chi connectivity index (χ3n) is 3.79. The highest BCUT2D eigenvalue weighted by atomic mass is 32.2. The van der Waals surface area contributed by atoms with Crippen molar-refractivity contribution < 1.29 is 13.2 Å². The molecule has 2 aromatic carbocycles. The SMILES string of the molecule is Cc1c(C(=O)NCCSc2ccccc2)cccc1N(C)S(C)(=O)=O. The molecule has 0 unspecified atom stereocenters. The van der Waals surface area contributed by atoms with Crippen molar-refractivity contribution in [2.45, 2.75) is 11.8 Å². The second-order valence-corrected chi connectivity index (χ2v) is 8.78. The highest BCUT2D eigenvalue weighted by molar-refractivity contribution is 7.99. The van der Waals surface area contributed by atoms with Gasteiger partial charge in [-0.15, -0.1) is 11.8 Å². The Labute approximate surface area is 153 Å². The molecule has 0 heterocycles. The maximum Gasteiger partial charge on any atom is 0.251 e. The van der Waals surface area contributed by atoms with Gasteiger partial charge in [0.2, 0.25) is 10.0 Å². The van der Waals surface area contributed by atoms with E-state index < -0.39 is 10.0 Å². The number of carbonyl (C=O) groups is 1. The predicted octanol–water partition coefficient (Wildman–Crippen LogP) is 2.91. The van der Waals surface area contributed by atoms with Gasteiger partial charge in [-0.05, 0) is 36.8 Å². The molecule has 0 radical (unpaired) electrons. The first-order valence-corrected chi connectivity index (χ1v) is 10.6. The number of amides is 1. The van der Waals surface area contributed by atoms with E-state index in [-0.39, 0.29) is 5.91 Å². The van der Waals surface area contributed by atoms with Crippen LogP contribution in [-0.4, -0.2) is 39.9 Å². The van der Waals surface area contributed by atoms with E-state index in [1.807, 2.05) is 30.3 Å². The lowest BCUT2D eigenvalue weighted by Crippen LogP contribution is -2.29. The first kappa shape index (κ1) is 19.3. The van der Waals surface area contributed by atoms with Crippen LogP contribution in [0.15, 0.2) is 53.4 Å². The van der Waals surface area contributed by atoms with Gasteiger partial charge in [-0.1, -0.05) is 24.3 Å². The summed E-state index contributed by atoms with van der Waals surface area (Å²) < 4.78 is 24.7. The fourth-order valence-corrected chi connectivity index (χ4v) is 3.68. The summed E-state index contributed by atoms with van der Waals surface area (Å²) >= 11 is 1.67. The number of benzene rings is 2. The van der Waals surface area contributed by atoms with Crippen LogP contribution >= 0.6 is 11.8 Å². The summed E-state index contributed by atoms with van der Waals surface area (Å²) in [6, 6.07) is 15.1. The smallest absolute Gasteiger partial charge is 0.251 e. The maximum atomic E-state index is 12.4. The zero-order valence-electron chi connectivity index (χ0n) is 14.5. The van der Waals surface area contributed by atoms with Gasteiger partial charge in [0.1, 0.15) is 0 Å². The van der Waals surface area contributed by atoms with Gasteiger partial charge in [-0.25, -0.2) is 8.42 Å². The molecule has 0 atom stereocenters. The molecule has 0 aliphatic rings. The van der Waals surface area contributed by atoms with Crippen LogP contribution in [0.1, 0.15) is 15.9 Å². The molecule has 1 amide bonds. The molecule has 0 aliphatic carbocycles. The summed E-state index contributed by atoms with van der Waals surface area (Å²) in [4.78, 5) is 13.6. The van der Waals surface area contributed by atoms with Crippen LogP contribution in [0.5, 0.6) is 0 Å². The highest BCUT2D eigenvalue weighted by Crippen LogP contribution is 2.24. The molecule has 0 saturated heterocycles. The Balaban J connectivity index is 2.00. The Kier molecular flexibility index (Phi) is 6.50. The molecular formula is C18H22N2O3S2. The third kappa shape index (κ3) is 5.24. The van der Waals surface area contributed by atoms with Gasteiger partial charge >= 0.3 is 0 Å². The molecule has 25 heavy (non-hydrogen) atoms. The maximum absolute atomic E-state index is 12.4.